The number of hydrogen-bond acceptors (Lipinski definition) is 5. The number of benzene rings is 2. The molecule has 0 spiro atoms. The van der Waals surface area contributed by atoms with Crippen LogP contribution >= 0.6 is 0 Å². The highest BCUT2D eigenvalue weighted by Gasteiger charge is 2.34. The number of anilines is 1. The average molecular weight is 539 g/mol. The van der Waals surface area contributed by atoms with E-state index in [4.69, 9.17) is 4.74 Å². The summed E-state index contributed by atoms with van der Waals surface area (Å²) in [4.78, 5) is 37.1. The van der Waals surface area contributed by atoms with E-state index in [1.165, 1.54) is 23.4 Å². The molecule has 12 heteroatoms. The fraction of sp³-hybridized carbons (Fsp3) is 0.111. The van der Waals surface area contributed by atoms with Crippen LogP contribution in [0.25, 0.3) is 17.6 Å². The van der Waals surface area contributed by atoms with Gasteiger partial charge in [-0.3, -0.25) is 14.6 Å². The number of halogens is 4. The number of ether oxygens (including phenoxy) is 1. The maximum Gasteiger partial charge on any atom is 0.419 e. The second-order valence-corrected chi connectivity index (χ2v) is 8.41. The molecule has 2 amide bonds. The summed E-state index contributed by atoms with van der Waals surface area (Å²) in [6.07, 6.45) is 0.630. The minimum atomic E-state index is -4.89. The van der Waals surface area contributed by atoms with Gasteiger partial charge in [0.15, 0.2) is 5.82 Å². The predicted molar refractivity (Wildman–Crippen MR) is 135 cm³/mol. The molecule has 200 valence electrons. The number of amides is 2. The second kappa shape index (κ2) is 11.2. The highest BCUT2D eigenvalue weighted by atomic mass is 19.4. The fourth-order valence-corrected chi connectivity index (χ4v) is 3.40. The Kier molecular flexibility index (Phi) is 7.75. The molecule has 2 N–H and O–H groups in total. The van der Waals surface area contributed by atoms with Crippen LogP contribution in [0.3, 0.4) is 0 Å². The molecule has 0 unspecified atom stereocenters. The standard InChI is InChI=1S/C27H21F4N5O3/c1-36(2)26(38)23-15-33-25(35-23)22-14-19(10-11-32-22)39-18-5-3-4-16(12-18)6-9-24(37)34-17-7-8-21(28)20(13-17)27(29,30)31/h3-15H,1-2H3,(H,33,35)(H,34,37). The third-order valence-electron chi connectivity index (χ3n) is 5.25. The van der Waals surface area contributed by atoms with Gasteiger partial charge in [0, 0.05) is 38.1 Å². The Morgan fingerprint density at radius 3 is 2.54 bits per heavy atom. The first kappa shape index (κ1) is 27.0. The quantitative estimate of drug-likeness (QED) is 0.229. The van der Waals surface area contributed by atoms with Gasteiger partial charge in [-0.1, -0.05) is 12.1 Å². The van der Waals surface area contributed by atoms with Crippen LogP contribution in [0.5, 0.6) is 11.5 Å². The summed E-state index contributed by atoms with van der Waals surface area (Å²) < 4.78 is 58.0. The molecule has 0 fully saturated rings. The van der Waals surface area contributed by atoms with E-state index in [0.29, 0.717) is 46.4 Å². The first-order valence-corrected chi connectivity index (χ1v) is 11.4. The molecule has 0 aliphatic rings. The monoisotopic (exact) mass is 539 g/mol. The average Bonchev–Trinajstić information content (AvgIpc) is 3.38. The van der Waals surface area contributed by atoms with Gasteiger partial charge < -0.3 is 19.9 Å². The zero-order valence-corrected chi connectivity index (χ0v) is 20.6. The minimum Gasteiger partial charge on any atom is -0.457 e. The van der Waals surface area contributed by atoms with E-state index in [0.717, 1.165) is 12.1 Å². The van der Waals surface area contributed by atoms with Crippen LogP contribution in [-0.4, -0.2) is 45.8 Å². The summed E-state index contributed by atoms with van der Waals surface area (Å²) in [7, 11) is 3.26. The number of alkyl halides is 3. The molecule has 4 rings (SSSR count). The van der Waals surface area contributed by atoms with Crippen molar-refractivity contribution in [3.63, 3.8) is 0 Å². The normalized spacial score (nSPS) is 11.4. The molecule has 39 heavy (non-hydrogen) atoms. The number of carbonyl (C=O) groups is 2. The number of aromatic nitrogens is 3. The molecular weight excluding hydrogens is 518 g/mol. The Hall–Kier alpha value is -5.00. The molecule has 0 radical (unpaired) electrons. The Balaban J connectivity index is 1.43. The lowest BCUT2D eigenvalue weighted by molar-refractivity contribution is -0.140. The maximum atomic E-state index is 13.5. The van der Waals surface area contributed by atoms with Crippen molar-refractivity contribution in [1.29, 1.82) is 0 Å². The van der Waals surface area contributed by atoms with Crippen LogP contribution in [0.1, 0.15) is 21.6 Å². The van der Waals surface area contributed by atoms with Crippen molar-refractivity contribution in [2.75, 3.05) is 19.4 Å². The van der Waals surface area contributed by atoms with Gasteiger partial charge in [-0.2, -0.15) is 13.2 Å². The summed E-state index contributed by atoms with van der Waals surface area (Å²) in [6.45, 7) is 0. The van der Waals surface area contributed by atoms with Crippen LogP contribution in [0.15, 0.2) is 73.1 Å². The van der Waals surface area contributed by atoms with E-state index in [1.54, 1.807) is 50.5 Å². The number of nitrogens with zero attached hydrogens (tertiary/aromatic N) is 3. The number of rotatable bonds is 7. The number of carbonyl (C=O) groups excluding carboxylic acids is 2. The van der Waals surface area contributed by atoms with Gasteiger partial charge >= 0.3 is 6.18 Å². The highest BCUT2D eigenvalue weighted by Crippen LogP contribution is 2.33. The number of imidazole rings is 1. The van der Waals surface area contributed by atoms with E-state index in [-0.39, 0.29) is 11.6 Å². The second-order valence-electron chi connectivity index (χ2n) is 8.41. The molecular formula is C27H21F4N5O3. The van der Waals surface area contributed by atoms with Gasteiger partial charge in [0.05, 0.1) is 11.8 Å². The van der Waals surface area contributed by atoms with Crippen LogP contribution in [-0.2, 0) is 11.0 Å². The maximum absolute atomic E-state index is 13.5. The third-order valence-corrected chi connectivity index (χ3v) is 5.25. The molecule has 0 saturated heterocycles. The van der Waals surface area contributed by atoms with Crippen molar-refractivity contribution >= 4 is 23.6 Å². The van der Waals surface area contributed by atoms with Crippen molar-refractivity contribution in [3.05, 3.63) is 95.7 Å². The van der Waals surface area contributed by atoms with Gasteiger partial charge in [0.1, 0.15) is 28.7 Å². The van der Waals surface area contributed by atoms with Crippen molar-refractivity contribution in [3.8, 4) is 23.0 Å². The smallest absolute Gasteiger partial charge is 0.419 e. The lowest BCUT2D eigenvalue weighted by Crippen LogP contribution is -2.21. The first-order valence-electron chi connectivity index (χ1n) is 11.4. The molecule has 2 aromatic carbocycles. The summed E-state index contributed by atoms with van der Waals surface area (Å²) in [5, 5.41) is 2.28. The molecule has 2 heterocycles. The first-order chi connectivity index (χ1) is 18.5. The molecule has 0 aliphatic carbocycles. The van der Waals surface area contributed by atoms with Gasteiger partial charge in [-0.15, -0.1) is 0 Å². The van der Waals surface area contributed by atoms with Crippen LogP contribution in [0.4, 0.5) is 23.2 Å². The van der Waals surface area contributed by atoms with Crippen molar-refractivity contribution in [2.24, 2.45) is 0 Å². The molecule has 2 aromatic heterocycles. The Morgan fingerprint density at radius 1 is 1.03 bits per heavy atom. The van der Waals surface area contributed by atoms with Gasteiger partial charge in [0.2, 0.25) is 5.91 Å². The molecule has 0 atom stereocenters. The number of aromatic amines is 1. The largest absolute Gasteiger partial charge is 0.457 e. The number of H-pyrrole nitrogens is 1. The highest BCUT2D eigenvalue weighted by molar-refractivity contribution is 6.02. The van der Waals surface area contributed by atoms with Gasteiger partial charge in [-0.25, -0.2) is 9.37 Å². The number of hydrogen-bond donors (Lipinski definition) is 2. The molecule has 0 bridgehead atoms. The number of pyridine rings is 1. The van der Waals surface area contributed by atoms with E-state index in [9.17, 15) is 27.2 Å². The minimum absolute atomic E-state index is 0.196. The Morgan fingerprint density at radius 2 is 1.79 bits per heavy atom. The topological polar surface area (TPSA) is 100 Å². The summed E-state index contributed by atoms with van der Waals surface area (Å²) >= 11 is 0. The van der Waals surface area contributed by atoms with Crippen LogP contribution < -0.4 is 10.1 Å². The van der Waals surface area contributed by atoms with Crippen LogP contribution in [0.2, 0.25) is 0 Å². The summed E-state index contributed by atoms with van der Waals surface area (Å²) in [6, 6.07) is 12.2. The van der Waals surface area contributed by atoms with Gasteiger partial charge in [-0.05, 0) is 48.0 Å². The Labute approximate surface area is 220 Å². The van der Waals surface area contributed by atoms with E-state index in [1.807, 2.05) is 0 Å². The molecule has 0 saturated carbocycles. The lowest BCUT2D eigenvalue weighted by Gasteiger charge is -2.10. The Bertz CT molecular complexity index is 1550. The predicted octanol–water partition coefficient (Wildman–Crippen LogP) is 5.78. The molecule has 4 aromatic rings. The van der Waals surface area contributed by atoms with Crippen LogP contribution in [0, 0.1) is 5.82 Å². The molecule has 8 nitrogen and oxygen atoms in total. The zero-order chi connectivity index (χ0) is 28.2. The van der Waals surface area contributed by atoms with Crippen molar-refractivity contribution in [1.82, 2.24) is 19.9 Å². The van der Waals surface area contributed by atoms with E-state index in [2.05, 4.69) is 20.3 Å². The summed E-state index contributed by atoms with van der Waals surface area (Å²) in [5.74, 6) is -1.10. The summed E-state index contributed by atoms with van der Waals surface area (Å²) in [5.41, 5.74) is -0.328. The van der Waals surface area contributed by atoms with Crippen molar-refractivity contribution < 1.29 is 31.9 Å². The zero-order valence-electron chi connectivity index (χ0n) is 20.6. The van der Waals surface area contributed by atoms with E-state index >= 15 is 0 Å². The lowest BCUT2D eigenvalue weighted by atomic mass is 10.1. The SMILES string of the molecule is CN(C)C(=O)c1cnc(-c2cc(Oc3cccc(C=CC(=O)Nc4ccc(F)c(C(F)(F)F)c4)c3)ccn2)[nH]1. The van der Waals surface area contributed by atoms with Crippen molar-refractivity contribution in [2.45, 2.75) is 6.18 Å². The fourth-order valence-electron chi connectivity index (χ4n) is 3.40. The van der Waals surface area contributed by atoms with Gasteiger partial charge in [0.25, 0.3) is 5.91 Å². The van der Waals surface area contributed by atoms with E-state index < -0.39 is 23.5 Å². The third kappa shape index (κ3) is 6.86. The number of nitrogens with one attached hydrogen (secondary N) is 2. The molecule has 0 aliphatic heterocycles.